The molecule has 0 saturated carbocycles. The van der Waals surface area contributed by atoms with Gasteiger partial charge in [-0.1, -0.05) is 12.1 Å². The number of carbonyl (C=O) groups excluding carboxylic acids is 1. The second-order valence-electron chi connectivity index (χ2n) is 4.91. The maximum Gasteiger partial charge on any atom is 0.522 e. The fourth-order valence-corrected chi connectivity index (χ4v) is 2.44. The molecule has 1 heterocycles. The number of hydrogen-bond acceptors (Lipinski definition) is 3. The number of anilines is 1. The number of nitrogens with zero attached hydrogens (tertiary/aromatic N) is 1. The van der Waals surface area contributed by atoms with Crippen LogP contribution in [-0.4, -0.2) is 31.8 Å². The van der Waals surface area contributed by atoms with Gasteiger partial charge in [-0.05, 0) is 31.4 Å². The van der Waals surface area contributed by atoms with E-state index in [1.165, 1.54) is 0 Å². The molecule has 0 atom stereocenters. The monoisotopic (exact) mass is 287 g/mol. The van der Waals surface area contributed by atoms with Crippen LogP contribution in [0.15, 0.2) is 18.2 Å². The second kappa shape index (κ2) is 5.83. The van der Waals surface area contributed by atoms with Crippen molar-refractivity contribution in [3.63, 3.8) is 0 Å². The summed E-state index contributed by atoms with van der Waals surface area (Å²) in [6.07, 6.45) is -3.93. The summed E-state index contributed by atoms with van der Waals surface area (Å²) in [7, 11) is 0. The number of hydrogen-bond donors (Lipinski definition) is 0. The summed E-state index contributed by atoms with van der Waals surface area (Å²) < 4.78 is 40.5. The number of carbonyl (C=O) groups is 1. The molecule has 0 unspecified atom stereocenters. The number of rotatable bonds is 3. The number of halogens is 3. The first-order valence-corrected chi connectivity index (χ1v) is 6.44. The van der Waals surface area contributed by atoms with Crippen LogP contribution < -0.4 is 4.90 Å². The molecule has 0 aromatic heterocycles. The van der Waals surface area contributed by atoms with Gasteiger partial charge in [-0.3, -0.25) is 9.53 Å². The fraction of sp³-hybridized carbons (Fsp3) is 0.500. The van der Waals surface area contributed by atoms with Crippen molar-refractivity contribution in [1.82, 2.24) is 0 Å². The molecule has 1 aliphatic rings. The Morgan fingerprint density at radius 3 is 2.50 bits per heavy atom. The Bertz CT molecular complexity index is 480. The Labute approximate surface area is 115 Å². The van der Waals surface area contributed by atoms with Gasteiger partial charge in [0.2, 0.25) is 0 Å². The molecule has 0 bridgehead atoms. The zero-order valence-corrected chi connectivity index (χ0v) is 11.1. The number of piperidine rings is 1. The molecule has 0 N–H and O–H groups in total. The Morgan fingerprint density at radius 1 is 1.30 bits per heavy atom. The maximum atomic E-state index is 12.1. The highest BCUT2D eigenvalue weighted by Crippen LogP contribution is 2.28. The lowest BCUT2D eigenvalue weighted by atomic mass is 10.0. The Kier molecular flexibility index (Phi) is 4.32. The second-order valence-corrected chi connectivity index (χ2v) is 4.91. The van der Waals surface area contributed by atoms with Crippen molar-refractivity contribution >= 4 is 12.0 Å². The van der Waals surface area contributed by atoms with Crippen LogP contribution in [0.5, 0.6) is 0 Å². The van der Waals surface area contributed by atoms with E-state index in [0.717, 1.165) is 17.5 Å². The zero-order valence-electron chi connectivity index (χ0n) is 11.1. The third kappa shape index (κ3) is 3.72. The van der Waals surface area contributed by atoms with Crippen molar-refractivity contribution in [2.75, 3.05) is 18.0 Å². The molecular weight excluding hydrogens is 271 g/mol. The largest absolute Gasteiger partial charge is 0.522 e. The smallest absolute Gasteiger partial charge is 0.371 e. The standard InChI is InChI=1S/C14H16F3NO2/c1-10-2-3-11(9-19)8-13(10)18-6-4-12(5-7-18)20-14(15,16)17/h2-3,8-9,12H,4-7H2,1H3. The Hall–Kier alpha value is -1.56. The van der Waals surface area contributed by atoms with Gasteiger partial charge in [0.05, 0.1) is 6.10 Å². The quantitative estimate of drug-likeness (QED) is 0.799. The van der Waals surface area contributed by atoms with Crippen molar-refractivity contribution in [1.29, 1.82) is 0 Å². The van der Waals surface area contributed by atoms with Crippen molar-refractivity contribution in [3.8, 4) is 0 Å². The first kappa shape index (κ1) is 14.8. The van der Waals surface area contributed by atoms with Crippen LogP contribution in [0.2, 0.25) is 0 Å². The highest BCUT2D eigenvalue weighted by atomic mass is 19.4. The first-order chi connectivity index (χ1) is 9.39. The normalized spacial score (nSPS) is 17.3. The van der Waals surface area contributed by atoms with Crippen LogP contribution in [0.1, 0.15) is 28.8 Å². The molecule has 1 fully saturated rings. The summed E-state index contributed by atoms with van der Waals surface area (Å²) in [6.45, 7) is 2.90. The number of ether oxygens (including phenoxy) is 1. The molecule has 1 aromatic carbocycles. The van der Waals surface area contributed by atoms with Crippen LogP contribution in [-0.2, 0) is 4.74 Å². The SMILES string of the molecule is Cc1ccc(C=O)cc1N1CCC(OC(F)(F)F)CC1. The van der Waals surface area contributed by atoms with Gasteiger partial charge in [-0.15, -0.1) is 13.2 Å². The highest BCUT2D eigenvalue weighted by molar-refractivity contribution is 5.78. The predicted molar refractivity (Wildman–Crippen MR) is 68.9 cm³/mol. The maximum absolute atomic E-state index is 12.1. The molecule has 20 heavy (non-hydrogen) atoms. The minimum atomic E-state index is -4.57. The van der Waals surface area contributed by atoms with Crippen LogP contribution in [0.25, 0.3) is 0 Å². The van der Waals surface area contributed by atoms with E-state index in [2.05, 4.69) is 4.74 Å². The molecule has 1 aromatic rings. The van der Waals surface area contributed by atoms with Crippen LogP contribution >= 0.6 is 0 Å². The average Bonchev–Trinajstić information content (AvgIpc) is 2.39. The molecule has 0 radical (unpaired) electrons. The lowest BCUT2D eigenvalue weighted by Crippen LogP contribution is -2.39. The van der Waals surface area contributed by atoms with Gasteiger partial charge in [0.1, 0.15) is 6.29 Å². The predicted octanol–water partition coefficient (Wildman–Crippen LogP) is 3.31. The highest BCUT2D eigenvalue weighted by Gasteiger charge is 2.35. The Balaban J connectivity index is 2.02. The molecule has 1 saturated heterocycles. The third-order valence-corrected chi connectivity index (χ3v) is 3.45. The molecule has 110 valence electrons. The number of benzene rings is 1. The molecule has 0 spiro atoms. The van der Waals surface area contributed by atoms with E-state index >= 15 is 0 Å². The zero-order chi connectivity index (χ0) is 14.8. The molecule has 0 amide bonds. The Morgan fingerprint density at radius 2 is 1.95 bits per heavy atom. The summed E-state index contributed by atoms with van der Waals surface area (Å²) in [6, 6.07) is 5.34. The summed E-state index contributed by atoms with van der Waals surface area (Å²) in [4.78, 5) is 12.8. The van der Waals surface area contributed by atoms with Gasteiger partial charge < -0.3 is 4.90 Å². The number of aldehydes is 1. The van der Waals surface area contributed by atoms with Crippen molar-refractivity contribution in [2.24, 2.45) is 0 Å². The van der Waals surface area contributed by atoms with Gasteiger partial charge in [0.25, 0.3) is 0 Å². The summed E-state index contributed by atoms with van der Waals surface area (Å²) in [5.74, 6) is 0. The molecular formula is C14H16F3NO2. The minimum absolute atomic E-state index is 0.324. The molecule has 2 rings (SSSR count). The minimum Gasteiger partial charge on any atom is -0.371 e. The molecule has 0 aliphatic carbocycles. The van der Waals surface area contributed by atoms with Gasteiger partial charge >= 0.3 is 6.36 Å². The topological polar surface area (TPSA) is 29.5 Å². The van der Waals surface area contributed by atoms with Crippen LogP contribution in [0.3, 0.4) is 0 Å². The molecule has 3 nitrogen and oxygen atoms in total. The van der Waals surface area contributed by atoms with E-state index in [-0.39, 0.29) is 0 Å². The summed E-state index contributed by atoms with van der Waals surface area (Å²) in [5.41, 5.74) is 2.48. The van der Waals surface area contributed by atoms with E-state index in [0.29, 0.717) is 31.5 Å². The van der Waals surface area contributed by atoms with Crippen molar-refractivity contribution < 1.29 is 22.7 Å². The van der Waals surface area contributed by atoms with E-state index in [9.17, 15) is 18.0 Å². The average molecular weight is 287 g/mol. The van der Waals surface area contributed by atoms with Gasteiger partial charge in [0.15, 0.2) is 0 Å². The van der Waals surface area contributed by atoms with Crippen LogP contribution in [0, 0.1) is 6.92 Å². The number of alkyl halides is 3. The lowest BCUT2D eigenvalue weighted by molar-refractivity contribution is -0.344. The summed E-state index contributed by atoms with van der Waals surface area (Å²) >= 11 is 0. The van der Waals surface area contributed by atoms with E-state index < -0.39 is 12.5 Å². The molecule has 1 aliphatic heterocycles. The summed E-state index contributed by atoms with van der Waals surface area (Å²) in [5, 5.41) is 0. The van der Waals surface area contributed by atoms with Crippen molar-refractivity contribution in [2.45, 2.75) is 32.2 Å². The van der Waals surface area contributed by atoms with Crippen molar-refractivity contribution in [3.05, 3.63) is 29.3 Å². The van der Waals surface area contributed by atoms with Gasteiger partial charge in [0, 0.05) is 24.3 Å². The molecule has 6 heteroatoms. The third-order valence-electron chi connectivity index (χ3n) is 3.45. The van der Waals surface area contributed by atoms with E-state index in [1.54, 1.807) is 12.1 Å². The fourth-order valence-electron chi connectivity index (χ4n) is 2.44. The van der Waals surface area contributed by atoms with Gasteiger partial charge in [-0.25, -0.2) is 0 Å². The first-order valence-electron chi connectivity index (χ1n) is 6.44. The van der Waals surface area contributed by atoms with Gasteiger partial charge in [-0.2, -0.15) is 0 Å². The van der Waals surface area contributed by atoms with Crippen LogP contribution in [0.4, 0.5) is 18.9 Å². The lowest BCUT2D eigenvalue weighted by Gasteiger charge is -2.34. The van der Waals surface area contributed by atoms with E-state index in [4.69, 9.17) is 0 Å². The van der Waals surface area contributed by atoms with E-state index in [1.807, 2.05) is 17.9 Å². The number of aryl methyl sites for hydroxylation is 1.